The summed E-state index contributed by atoms with van der Waals surface area (Å²) in [6, 6.07) is 14.5. The Bertz CT molecular complexity index is 724. The molecule has 3 aromatic rings. The van der Waals surface area contributed by atoms with Crippen LogP contribution in [0.2, 0.25) is 0 Å². The lowest BCUT2D eigenvalue weighted by molar-refractivity contribution is 0.954. The van der Waals surface area contributed by atoms with E-state index in [9.17, 15) is 0 Å². The second-order valence-corrected chi connectivity index (χ2v) is 4.84. The molecule has 1 heterocycles. The number of benzene rings is 2. The van der Waals surface area contributed by atoms with Gasteiger partial charge in [0.05, 0.1) is 11.0 Å². The number of aromatic nitrogens is 2. The smallest absolute Gasteiger partial charge is 0.140 e. The standard InChI is InChI=1S/C16H17N3/c1-11-4-3-5-14-15(11)19(2)16(18-14)13-8-6-12(10-17)7-9-13/h3-9H,10,17H2,1-2H3. The Balaban J connectivity index is 2.19. The SMILES string of the molecule is Cc1cccc2nc(-c3ccc(CN)cc3)n(C)c12. The molecule has 0 amide bonds. The molecule has 1 aromatic heterocycles. The van der Waals surface area contributed by atoms with E-state index >= 15 is 0 Å². The molecule has 0 fully saturated rings. The first-order valence-corrected chi connectivity index (χ1v) is 6.42. The van der Waals surface area contributed by atoms with Gasteiger partial charge in [-0.3, -0.25) is 0 Å². The molecule has 2 N–H and O–H groups in total. The summed E-state index contributed by atoms with van der Waals surface area (Å²) in [5.41, 5.74) is 11.4. The molecule has 19 heavy (non-hydrogen) atoms. The summed E-state index contributed by atoms with van der Waals surface area (Å²) in [7, 11) is 2.06. The van der Waals surface area contributed by atoms with Gasteiger partial charge in [0.15, 0.2) is 0 Å². The molecular weight excluding hydrogens is 234 g/mol. The first-order chi connectivity index (χ1) is 9.20. The van der Waals surface area contributed by atoms with E-state index in [4.69, 9.17) is 10.7 Å². The second kappa shape index (κ2) is 4.52. The van der Waals surface area contributed by atoms with E-state index in [2.05, 4.69) is 54.9 Å². The van der Waals surface area contributed by atoms with Crippen molar-refractivity contribution in [1.29, 1.82) is 0 Å². The van der Waals surface area contributed by atoms with Crippen LogP contribution >= 0.6 is 0 Å². The zero-order valence-corrected chi connectivity index (χ0v) is 11.2. The maximum atomic E-state index is 5.63. The average Bonchev–Trinajstić information content (AvgIpc) is 2.78. The van der Waals surface area contributed by atoms with Crippen molar-refractivity contribution in [2.75, 3.05) is 0 Å². The number of hydrogen-bond donors (Lipinski definition) is 1. The van der Waals surface area contributed by atoms with Gasteiger partial charge in [0.25, 0.3) is 0 Å². The third-order valence-corrected chi connectivity index (χ3v) is 3.54. The van der Waals surface area contributed by atoms with Crippen LogP contribution in [0.1, 0.15) is 11.1 Å². The lowest BCUT2D eigenvalue weighted by Gasteiger charge is -2.04. The molecule has 3 heteroatoms. The minimum absolute atomic E-state index is 0.571. The number of nitrogens with zero attached hydrogens (tertiary/aromatic N) is 2. The molecule has 0 radical (unpaired) electrons. The number of hydrogen-bond acceptors (Lipinski definition) is 2. The summed E-state index contributed by atoms with van der Waals surface area (Å²) < 4.78 is 2.15. The molecule has 0 aliphatic heterocycles. The van der Waals surface area contributed by atoms with Gasteiger partial charge < -0.3 is 10.3 Å². The van der Waals surface area contributed by atoms with E-state index in [0.717, 1.165) is 22.5 Å². The van der Waals surface area contributed by atoms with E-state index in [1.165, 1.54) is 11.1 Å². The first-order valence-electron chi connectivity index (χ1n) is 6.42. The van der Waals surface area contributed by atoms with Crippen LogP contribution < -0.4 is 5.73 Å². The average molecular weight is 251 g/mol. The van der Waals surface area contributed by atoms with Crippen molar-refractivity contribution in [2.24, 2.45) is 12.8 Å². The molecule has 0 saturated carbocycles. The fraction of sp³-hybridized carbons (Fsp3) is 0.188. The first kappa shape index (κ1) is 11.9. The largest absolute Gasteiger partial charge is 0.327 e. The van der Waals surface area contributed by atoms with Crippen molar-refractivity contribution in [3.05, 3.63) is 53.6 Å². The number of para-hydroxylation sites is 1. The number of nitrogens with two attached hydrogens (primary N) is 1. The topological polar surface area (TPSA) is 43.8 Å². The third-order valence-electron chi connectivity index (χ3n) is 3.54. The van der Waals surface area contributed by atoms with E-state index in [-0.39, 0.29) is 0 Å². The van der Waals surface area contributed by atoms with Crippen LogP contribution in [0, 0.1) is 6.92 Å². The van der Waals surface area contributed by atoms with Gasteiger partial charge >= 0.3 is 0 Å². The Morgan fingerprint density at radius 3 is 2.47 bits per heavy atom. The minimum Gasteiger partial charge on any atom is -0.327 e. The molecule has 2 aromatic carbocycles. The molecule has 0 spiro atoms. The number of rotatable bonds is 2. The van der Waals surface area contributed by atoms with Crippen molar-refractivity contribution < 1.29 is 0 Å². The van der Waals surface area contributed by atoms with Gasteiger partial charge in [0.1, 0.15) is 5.82 Å². The van der Waals surface area contributed by atoms with Gasteiger partial charge in [-0.15, -0.1) is 0 Å². The molecule has 3 nitrogen and oxygen atoms in total. The highest BCUT2D eigenvalue weighted by molar-refractivity contribution is 5.83. The normalized spacial score (nSPS) is 11.1. The van der Waals surface area contributed by atoms with Gasteiger partial charge in [-0.25, -0.2) is 4.98 Å². The molecule has 0 bridgehead atoms. The molecular formula is C16H17N3. The van der Waals surface area contributed by atoms with Gasteiger partial charge in [-0.05, 0) is 24.1 Å². The summed E-state index contributed by atoms with van der Waals surface area (Å²) in [6.45, 7) is 2.69. The fourth-order valence-electron chi connectivity index (χ4n) is 2.51. The van der Waals surface area contributed by atoms with Gasteiger partial charge in [0.2, 0.25) is 0 Å². The van der Waals surface area contributed by atoms with E-state index < -0.39 is 0 Å². The Morgan fingerprint density at radius 2 is 1.84 bits per heavy atom. The van der Waals surface area contributed by atoms with Crippen molar-refractivity contribution in [3.63, 3.8) is 0 Å². The van der Waals surface area contributed by atoms with Crippen molar-refractivity contribution in [3.8, 4) is 11.4 Å². The Kier molecular flexibility index (Phi) is 2.84. The zero-order valence-electron chi connectivity index (χ0n) is 11.2. The molecule has 0 unspecified atom stereocenters. The number of aryl methyl sites for hydroxylation is 2. The molecule has 0 aliphatic rings. The Hall–Kier alpha value is -2.13. The van der Waals surface area contributed by atoms with Crippen LogP contribution in [0.3, 0.4) is 0 Å². The second-order valence-electron chi connectivity index (χ2n) is 4.84. The minimum atomic E-state index is 0.571. The third kappa shape index (κ3) is 1.92. The van der Waals surface area contributed by atoms with Crippen LogP contribution in [-0.4, -0.2) is 9.55 Å². The lowest BCUT2D eigenvalue weighted by atomic mass is 10.1. The number of fused-ring (bicyclic) bond motifs is 1. The molecule has 0 saturated heterocycles. The van der Waals surface area contributed by atoms with Crippen molar-refractivity contribution in [2.45, 2.75) is 13.5 Å². The monoisotopic (exact) mass is 251 g/mol. The molecule has 96 valence electrons. The van der Waals surface area contributed by atoms with Crippen LogP contribution in [0.5, 0.6) is 0 Å². The molecule has 0 atom stereocenters. The summed E-state index contributed by atoms with van der Waals surface area (Å²) in [5.74, 6) is 0.993. The number of imidazole rings is 1. The van der Waals surface area contributed by atoms with E-state index in [0.29, 0.717) is 6.54 Å². The highest BCUT2D eigenvalue weighted by Gasteiger charge is 2.10. The summed E-state index contributed by atoms with van der Waals surface area (Å²) in [5, 5.41) is 0. The van der Waals surface area contributed by atoms with Crippen LogP contribution in [0.4, 0.5) is 0 Å². The maximum absolute atomic E-state index is 5.63. The summed E-state index contributed by atoms with van der Waals surface area (Å²) >= 11 is 0. The summed E-state index contributed by atoms with van der Waals surface area (Å²) in [6.07, 6.45) is 0. The fourth-order valence-corrected chi connectivity index (χ4v) is 2.51. The zero-order chi connectivity index (χ0) is 13.4. The summed E-state index contributed by atoms with van der Waals surface area (Å²) in [4.78, 5) is 4.73. The van der Waals surface area contributed by atoms with E-state index in [1.54, 1.807) is 0 Å². The van der Waals surface area contributed by atoms with Crippen LogP contribution in [-0.2, 0) is 13.6 Å². The van der Waals surface area contributed by atoms with Gasteiger partial charge in [0, 0.05) is 19.2 Å². The highest BCUT2D eigenvalue weighted by Crippen LogP contribution is 2.25. The van der Waals surface area contributed by atoms with Crippen LogP contribution in [0.15, 0.2) is 42.5 Å². The van der Waals surface area contributed by atoms with Gasteiger partial charge in [-0.2, -0.15) is 0 Å². The van der Waals surface area contributed by atoms with Crippen molar-refractivity contribution >= 4 is 11.0 Å². The predicted molar refractivity (Wildman–Crippen MR) is 78.8 cm³/mol. The molecule has 3 rings (SSSR count). The lowest BCUT2D eigenvalue weighted by Crippen LogP contribution is -1.97. The van der Waals surface area contributed by atoms with E-state index in [1.807, 2.05) is 6.07 Å². The quantitative estimate of drug-likeness (QED) is 0.761. The highest BCUT2D eigenvalue weighted by atomic mass is 15.1. The van der Waals surface area contributed by atoms with Crippen LogP contribution in [0.25, 0.3) is 22.4 Å². The van der Waals surface area contributed by atoms with Crippen molar-refractivity contribution in [1.82, 2.24) is 9.55 Å². The van der Waals surface area contributed by atoms with Gasteiger partial charge in [-0.1, -0.05) is 36.4 Å². The Labute approximate surface area is 112 Å². The maximum Gasteiger partial charge on any atom is 0.140 e. The Morgan fingerprint density at radius 1 is 1.11 bits per heavy atom. The molecule has 0 aliphatic carbocycles. The predicted octanol–water partition coefficient (Wildman–Crippen LogP) is 3.01.